The monoisotopic (exact) mass is 480 g/mol. The maximum absolute atomic E-state index is 9.60. The number of nitrogens with one attached hydrogen (secondary N) is 2. The lowest BCUT2D eigenvalue weighted by Crippen LogP contribution is -2.19. The van der Waals surface area contributed by atoms with Crippen molar-refractivity contribution in [2.45, 2.75) is 57.9 Å². The van der Waals surface area contributed by atoms with Crippen molar-refractivity contribution < 1.29 is 9.84 Å². The zero-order valence-electron chi connectivity index (χ0n) is 19.6. The van der Waals surface area contributed by atoms with Gasteiger partial charge in [-0.15, -0.1) is 11.3 Å². The van der Waals surface area contributed by atoms with Gasteiger partial charge in [-0.2, -0.15) is 4.98 Å². The third-order valence-corrected chi connectivity index (χ3v) is 8.15. The lowest BCUT2D eigenvalue weighted by Gasteiger charge is -2.18. The number of nitrogens with zero attached hydrogens (tertiary/aromatic N) is 4. The van der Waals surface area contributed by atoms with Crippen molar-refractivity contribution in [3.63, 3.8) is 0 Å². The molecule has 180 valence electrons. The van der Waals surface area contributed by atoms with Gasteiger partial charge >= 0.3 is 0 Å². The van der Waals surface area contributed by atoms with Gasteiger partial charge in [-0.3, -0.25) is 0 Å². The van der Waals surface area contributed by atoms with Crippen molar-refractivity contribution in [2.75, 3.05) is 30.4 Å². The number of aliphatic hydroxyl groups excluding tert-OH is 1. The molecule has 2 atom stereocenters. The van der Waals surface area contributed by atoms with Crippen LogP contribution >= 0.6 is 11.3 Å². The number of pyridine rings is 1. The van der Waals surface area contributed by atoms with Crippen LogP contribution in [0.4, 0.5) is 11.8 Å². The molecule has 0 saturated heterocycles. The first-order valence-corrected chi connectivity index (χ1v) is 13.4. The number of rotatable bonds is 10. The molecule has 0 spiro atoms. The van der Waals surface area contributed by atoms with E-state index >= 15 is 0 Å². The standard InChI is InChI=1S/C25H32N6O2S/c1-14-20(24-30-21-19(34-24)8-9-26-23(21)33-13-16-4-5-16)22(29-18-7-6-17(10-18)12-32)31-25(28-14)27-11-15-2-3-15/h8-9,15-18,32H,2-7,10-13H2,1H3,(H2,27,28,29,31)/t17-,18+/m1/s1. The molecule has 0 radical (unpaired) electrons. The molecule has 3 aromatic rings. The van der Waals surface area contributed by atoms with Gasteiger partial charge < -0.3 is 20.5 Å². The SMILES string of the molecule is Cc1nc(NCC2CC2)nc(N[C@H]2CC[C@@H](CO)C2)c1-c1nc2c(OCC3CC3)nccc2s1. The van der Waals surface area contributed by atoms with E-state index in [2.05, 4.69) is 15.6 Å². The fraction of sp³-hybridized carbons (Fsp3) is 0.600. The third kappa shape index (κ3) is 4.81. The van der Waals surface area contributed by atoms with Gasteiger partial charge in [-0.25, -0.2) is 15.0 Å². The van der Waals surface area contributed by atoms with Crippen LogP contribution in [0.5, 0.6) is 5.88 Å². The average Bonchev–Trinajstić information content (AvgIpc) is 3.75. The van der Waals surface area contributed by atoms with Gasteiger partial charge in [0, 0.05) is 25.4 Å². The molecule has 0 aromatic carbocycles. The Morgan fingerprint density at radius 1 is 1.06 bits per heavy atom. The van der Waals surface area contributed by atoms with Crippen LogP contribution in [0.3, 0.4) is 0 Å². The third-order valence-electron chi connectivity index (χ3n) is 7.12. The molecule has 3 N–H and O–H groups in total. The van der Waals surface area contributed by atoms with Crippen molar-refractivity contribution in [1.82, 2.24) is 19.9 Å². The number of aromatic nitrogens is 4. The Balaban J connectivity index is 1.34. The summed E-state index contributed by atoms with van der Waals surface area (Å²) in [5, 5.41) is 17.6. The van der Waals surface area contributed by atoms with E-state index in [0.717, 1.165) is 64.0 Å². The summed E-state index contributed by atoms with van der Waals surface area (Å²) in [6.07, 6.45) is 9.86. The maximum atomic E-state index is 9.60. The highest BCUT2D eigenvalue weighted by Crippen LogP contribution is 2.40. The zero-order valence-corrected chi connectivity index (χ0v) is 20.4. The lowest BCUT2D eigenvalue weighted by molar-refractivity contribution is 0.229. The second-order valence-corrected chi connectivity index (χ2v) is 11.2. The van der Waals surface area contributed by atoms with Crippen LogP contribution in [-0.4, -0.2) is 50.8 Å². The second kappa shape index (κ2) is 9.26. The number of aryl methyl sites for hydroxylation is 1. The van der Waals surface area contributed by atoms with Gasteiger partial charge in [0.15, 0.2) is 0 Å². The average molecular weight is 481 g/mol. The van der Waals surface area contributed by atoms with Crippen LogP contribution < -0.4 is 15.4 Å². The summed E-state index contributed by atoms with van der Waals surface area (Å²) in [7, 11) is 0. The number of fused-ring (bicyclic) bond motifs is 1. The van der Waals surface area contributed by atoms with Crippen molar-refractivity contribution in [3.8, 4) is 16.5 Å². The molecule has 0 amide bonds. The molecule has 8 nitrogen and oxygen atoms in total. The van der Waals surface area contributed by atoms with Crippen LogP contribution in [0.25, 0.3) is 20.8 Å². The van der Waals surface area contributed by atoms with Crippen LogP contribution in [0, 0.1) is 24.7 Å². The number of thiazole rings is 1. The molecule has 0 unspecified atom stereocenters. The molecule has 3 aromatic heterocycles. The van der Waals surface area contributed by atoms with Gasteiger partial charge in [-0.1, -0.05) is 0 Å². The quantitative estimate of drug-likeness (QED) is 0.385. The molecule has 3 saturated carbocycles. The Hall–Kier alpha value is -2.52. The minimum Gasteiger partial charge on any atom is -0.476 e. The molecular formula is C25H32N6O2S. The van der Waals surface area contributed by atoms with Gasteiger partial charge in [0.25, 0.3) is 0 Å². The van der Waals surface area contributed by atoms with Gasteiger partial charge in [0.05, 0.1) is 22.6 Å². The van der Waals surface area contributed by atoms with E-state index in [1.165, 1.54) is 25.7 Å². The smallest absolute Gasteiger partial charge is 0.241 e. The Morgan fingerprint density at radius 3 is 2.65 bits per heavy atom. The fourth-order valence-electron chi connectivity index (χ4n) is 4.66. The Kier molecular flexibility index (Phi) is 5.99. The van der Waals surface area contributed by atoms with E-state index in [9.17, 15) is 5.11 Å². The molecule has 9 heteroatoms. The van der Waals surface area contributed by atoms with E-state index in [1.807, 2.05) is 13.0 Å². The summed E-state index contributed by atoms with van der Waals surface area (Å²) in [6.45, 7) is 3.91. The highest BCUT2D eigenvalue weighted by atomic mass is 32.1. The van der Waals surface area contributed by atoms with Crippen molar-refractivity contribution >= 4 is 33.3 Å². The number of anilines is 2. The molecule has 6 rings (SSSR count). The van der Waals surface area contributed by atoms with Crippen LogP contribution in [0.1, 0.15) is 50.6 Å². The van der Waals surface area contributed by atoms with E-state index in [1.54, 1.807) is 17.5 Å². The highest BCUT2D eigenvalue weighted by Gasteiger charge is 2.28. The minimum absolute atomic E-state index is 0.247. The molecule has 34 heavy (non-hydrogen) atoms. The fourth-order valence-corrected chi connectivity index (χ4v) is 5.71. The van der Waals surface area contributed by atoms with E-state index in [0.29, 0.717) is 30.3 Å². The van der Waals surface area contributed by atoms with Crippen molar-refractivity contribution in [3.05, 3.63) is 18.0 Å². The van der Waals surface area contributed by atoms with E-state index < -0.39 is 0 Å². The summed E-state index contributed by atoms with van der Waals surface area (Å²) in [5.74, 6) is 3.86. The Bertz CT molecular complexity index is 1180. The van der Waals surface area contributed by atoms with Crippen LogP contribution in [0.15, 0.2) is 12.3 Å². The number of ether oxygens (including phenoxy) is 1. The van der Waals surface area contributed by atoms with Gasteiger partial charge in [-0.05, 0) is 75.7 Å². The summed E-state index contributed by atoms with van der Waals surface area (Å²) >= 11 is 1.63. The van der Waals surface area contributed by atoms with Gasteiger partial charge in [0.1, 0.15) is 16.3 Å². The Labute approximate surface area is 203 Å². The molecule has 3 aliphatic rings. The molecule has 3 heterocycles. The predicted molar refractivity (Wildman–Crippen MR) is 134 cm³/mol. The second-order valence-electron chi connectivity index (χ2n) is 10.1. The minimum atomic E-state index is 0.247. The molecule has 3 aliphatic carbocycles. The number of aliphatic hydroxyl groups is 1. The number of hydrogen-bond donors (Lipinski definition) is 3. The van der Waals surface area contributed by atoms with Crippen LogP contribution in [0.2, 0.25) is 0 Å². The van der Waals surface area contributed by atoms with E-state index in [-0.39, 0.29) is 12.6 Å². The summed E-state index contributed by atoms with van der Waals surface area (Å²) in [4.78, 5) is 19.1. The molecule has 3 fully saturated rings. The highest BCUT2D eigenvalue weighted by molar-refractivity contribution is 7.21. The summed E-state index contributed by atoms with van der Waals surface area (Å²) in [6, 6.07) is 2.29. The van der Waals surface area contributed by atoms with Crippen LogP contribution in [-0.2, 0) is 0 Å². The maximum Gasteiger partial charge on any atom is 0.241 e. The Morgan fingerprint density at radius 2 is 1.88 bits per heavy atom. The summed E-state index contributed by atoms with van der Waals surface area (Å²) in [5.41, 5.74) is 2.66. The largest absolute Gasteiger partial charge is 0.476 e. The molecule has 0 bridgehead atoms. The zero-order chi connectivity index (χ0) is 23.1. The topological polar surface area (TPSA) is 105 Å². The molecule has 0 aliphatic heterocycles. The van der Waals surface area contributed by atoms with Gasteiger partial charge in [0.2, 0.25) is 11.8 Å². The first kappa shape index (κ1) is 22.0. The van der Waals surface area contributed by atoms with Crippen molar-refractivity contribution in [1.29, 1.82) is 0 Å². The number of hydrogen-bond acceptors (Lipinski definition) is 9. The first-order valence-electron chi connectivity index (χ1n) is 12.5. The van der Waals surface area contributed by atoms with Crippen molar-refractivity contribution in [2.24, 2.45) is 17.8 Å². The summed E-state index contributed by atoms with van der Waals surface area (Å²) < 4.78 is 7.07. The normalized spacial score (nSPS) is 22.3. The molecular weight excluding hydrogens is 448 g/mol. The van der Waals surface area contributed by atoms with E-state index in [4.69, 9.17) is 19.7 Å². The first-order chi connectivity index (χ1) is 16.7. The lowest BCUT2D eigenvalue weighted by atomic mass is 10.1. The predicted octanol–water partition coefficient (Wildman–Crippen LogP) is 4.64.